The van der Waals surface area contributed by atoms with Crippen molar-refractivity contribution in [3.8, 4) is 17.2 Å². The molecule has 5 nitrogen and oxygen atoms in total. The molecule has 5 rings (SSSR count). The first-order valence-electron chi connectivity index (χ1n) is 9.47. The Morgan fingerprint density at radius 2 is 1.92 bits per heavy atom. The number of hydrogen-bond acceptors (Lipinski definition) is 5. The van der Waals surface area contributed by atoms with Crippen LogP contribution in [0.3, 0.4) is 0 Å². The van der Waals surface area contributed by atoms with E-state index < -0.39 is 0 Å². The van der Waals surface area contributed by atoms with E-state index in [0.29, 0.717) is 12.8 Å². The van der Waals surface area contributed by atoms with Crippen molar-refractivity contribution in [3.05, 3.63) is 47.5 Å². The maximum absolute atomic E-state index is 5.62. The third-order valence-electron chi connectivity index (χ3n) is 5.41. The Hall–Kier alpha value is -2.40. The van der Waals surface area contributed by atoms with E-state index in [4.69, 9.17) is 14.2 Å². The van der Waals surface area contributed by atoms with Gasteiger partial charge in [0.05, 0.1) is 6.61 Å². The highest BCUT2D eigenvalue weighted by molar-refractivity contribution is 5.56. The van der Waals surface area contributed by atoms with Crippen LogP contribution in [0.2, 0.25) is 0 Å². The summed E-state index contributed by atoms with van der Waals surface area (Å²) < 4.78 is 16.5. The van der Waals surface area contributed by atoms with Crippen molar-refractivity contribution < 1.29 is 14.2 Å². The smallest absolute Gasteiger partial charge is 0.231 e. The van der Waals surface area contributed by atoms with Crippen LogP contribution in [0.1, 0.15) is 24.0 Å². The summed E-state index contributed by atoms with van der Waals surface area (Å²) in [7, 11) is 0. The van der Waals surface area contributed by atoms with Crippen molar-refractivity contribution in [1.29, 1.82) is 0 Å². The molecule has 0 radical (unpaired) electrons. The van der Waals surface area contributed by atoms with E-state index in [0.717, 1.165) is 55.6 Å². The van der Waals surface area contributed by atoms with E-state index in [1.807, 2.05) is 12.1 Å². The average molecular weight is 352 g/mol. The van der Waals surface area contributed by atoms with Gasteiger partial charge in [-0.15, -0.1) is 0 Å². The first-order valence-corrected chi connectivity index (χ1v) is 9.47. The van der Waals surface area contributed by atoms with E-state index >= 15 is 0 Å². The Morgan fingerprint density at radius 1 is 1.00 bits per heavy atom. The molecule has 0 amide bonds. The minimum atomic E-state index is 0.321. The van der Waals surface area contributed by atoms with Gasteiger partial charge in [-0.25, -0.2) is 0 Å². The van der Waals surface area contributed by atoms with Gasteiger partial charge >= 0.3 is 0 Å². The standard InChI is InChI=1S/C21H24N2O3/c1-2-18(22-17-4-6-20-21(11-17)26-14-25-20)13-23(8-1)12-15-3-5-19-16(10-15)7-9-24-19/h3-6,10-11,18,22H,1-2,7-9,12-14H2/t18-/m1/s1. The molecule has 3 aliphatic heterocycles. The largest absolute Gasteiger partial charge is 0.493 e. The third kappa shape index (κ3) is 3.19. The molecule has 3 aliphatic rings. The van der Waals surface area contributed by atoms with Gasteiger partial charge in [0.25, 0.3) is 0 Å². The predicted octanol–water partition coefficient (Wildman–Crippen LogP) is 3.43. The zero-order chi connectivity index (χ0) is 17.3. The Balaban J connectivity index is 1.22. The van der Waals surface area contributed by atoms with E-state index in [2.05, 4.69) is 34.5 Å². The number of rotatable bonds is 4. The fourth-order valence-corrected chi connectivity index (χ4v) is 4.14. The quantitative estimate of drug-likeness (QED) is 0.913. The third-order valence-corrected chi connectivity index (χ3v) is 5.41. The lowest BCUT2D eigenvalue weighted by molar-refractivity contribution is 0.174. The second-order valence-electron chi connectivity index (χ2n) is 7.33. The summed E-state index contributed by atoms with van der Waals surface area (Å²) >= 11 is 0. The number of piperidine rings is 1. The lowest BCUT2D eigenvalue weighted by Gasteiger charge is -2.33. The summed E-state index contributed by atoms with van der Waals surface area (Å²) in [6, 6.07) is 13.2. The van der Waals surface area contributed by atoms with E-state index in [1.54, 1.807) is 0 Å². The molecular formula is C21H24N2O3. The molecule has 1 fully saturated rings. The normalized spacial score (nSPS) is 21.3. The van der Waals surface area contributed by atoms with Crippen LogP contribution in [0.5, 0.6) is 17.2 Å². The second kappa shape index (κ2) is 6.72. The molecule has 26 heavy (non-hydrogen) atoms. The summed E-state index contributed by atoms with van der Waals surface area (Å²) in [5.74, 6) is 2.74. The summed E-state index contributed by atoms with van der Waals surface area (Å²) in [6.07, 6.45) is 3.46. The first kappa shape index (κ1) is 15.8. The van der Waals surface area contributed by atoms with Gasteiger partial charge in [-0.2, -0.15) is 0 Å². The number of ether oxygens (including phenoxy) is 3. The van der Waals surface area contributed by atoms with Crippen LogP contribution >= 0.6 is 0 Å². The summed E-state index contributed by atoms with van der Waals surface area (Å²) in [5.41, 5.74) is 3.85. The lowest BCUT2D eigenvalue weighted by atomic mass is 10.0. The molecule has 0 unspecified atom stereocenters. The highest BCUT2D eigenvalue weighted by Crippen LogP contribution is 2.34. The van der Waals surface area contributed by atoms with Gasteiger partial charge < -0.3 is 19.5 Å². The predicted molar refractivity (Wildman–Crippen MR) is 100 cm³/mol. The molecule has 0 spiro atoms. The molecule has 2 aromatic rings. The van der Waals surface area contributed by atoms with Gasteiger partial charge in [-0.1, -0.05) is 12.1 Å². The number of nitrogens with zero attached hydrogens (tertiary/aromatic N) is 1. The number of hydrogen-bond donors (Lipinski definition) is 1. The Kier molecular flexibility index (Phi) is 4.09. The highest BCUT2D eigenvalue weighted by Gasteiger charge is 2.22. The van der Waals surface area contributed by atoms with Crippen LogP contribution < -0.4 is 19.5 Å². The minimum Gasteiger partial charge on any atom is -0.493 e. The fraction of sp³-hybridized carbons (Fsp3) is 0.429. The van der Waals surface area contributed by atoms with Gasteiger partial charge in [-0.05, 0) is 48.7 Å². The average Bonchev–Trinajstić information content (AvgIpc) is 3.30. The second-order valence-corrected chi connectivity index (χ2v) is 7.33. The molecule has 1 atom stereocenters. The van der Waals surface area contributed by atoms with Crippen LogP contribution in [0.4, 0.5) is 5.69 Å². The van der Waals surface area contributed by atoms with Crippen LogP contribution in [0.15, 0.2) is 36.4 Å². The van der Waals surface area contributed by atoms with Crippen LogP contribution in [0.25, 0.3) is 0 Å². The molecule has 3 heterocycles. The zero-order valence-corrected chi connectivity index (χ0v) is 14.9. The monoisotopic (exact) mass is 352 g/mol. The summed E-state index contributed by atoms with van der Waals surface area (Å²) in [6.45, 7) is 4.37. The minimum absolute atomic E-state index is 0.321. The number of fused-ring (bicyclic) bond motifs is 2. The first-order chi connectivity index (χ1) is 12.8. The van der Waals surface area contributed by atoms with E-state index in [9.17, 15) is 0 Å². The molecular weight excluding hydrogens is 328 g/mol. The number of nitrogens with one attached hydrogen (secondary N) is 1. The Labute approximate surface area is 153 Å². The zero-order valence-electron chi connectivity index (χ0n) is 14.9. The van der Waals surface area contributed by atoms with Crippen LogP contribution in [0, 0.1) is 0 Å². The highest BCUT2D eigenvalue weighted by atomic mass is 16.7. The summed E-state index contributed by atoms with van der Waals surface area (Å²) in [5, 5.41) is 3.67. The maximum atomic E-state index is 5.62. The molecule has 0 aliphatic carbocycles. The molecule has 2 aromatic carbocycles. The van der Waals surface area contributed by atoms with Crippen LogP contribution in [-0.4, -0.2) is 37.4 Å². The van der Waals surface area contributed by atoms with Crippen molar-refractivity contribution >= 4 is 5.69 Å². The molecule has 0 saturated carbocycles. The molecule has 136 valence electrons. The summed E-state index contributed by atoms with van der Waals surface area (Å²) in [4.78, 5) is 2.55. The van der Waals surface area contributed by atoms with Gasteiger partial charge in [0.15, 0.2) is 11.5 Å². The number of benzene rings is 2. The molecule has 5 heteroatoms. The molecule has 0 bridgehead atoms. The number of anilines is 1. The van der Waals surface area contributed by atoms with E-state index in [-0.39, 0.29) is 0 Å². The number of likely N-dealkylation sites (tertiary alicyclic amines) is 1. The van der Waals surface area contributed by atoms with Crippen molar-refractivity contribution in [2.45, 2.75) is 31.8 Å². The van der Waals surface area contributed by atoms with Gasteiger partial charge in [0.1, 0.15) is 5.75 Å². The SMILES string of the molecule is c1cc2c(cc1CN1CCC[C@@H](Nc3ccc4c(c3)OCO4)C1)CCO2. The lowest BCUT2D eigenvalue weighted by Crippen LogP contribution is -2.41. The van der Waals surface area contributed by atoms with Crippen molar-refractivity contribution in [2.75, 3.05) is 31.8 Å². The van der Waals surface area contributed by atoms with E-state index in [1.165, 1.54) is 24.0 Å². The van der Waals surface area contributed by atoms with Gasteiger partial charge in [-0.3, -0.25) is 4.90 Å². The molecule has 1 N–H and O–H groups in total. The Bertz CT molecular complexity index is 742. The maximum Gasteiger partial charge on any atom is 0.231 e. The van der Waals surface area contributed by atoms with Crippen molar-refractivity contribution in [2.24, 2.45) is 0 Å². The fourth-order valence-electron chi connectivity index (χ4n) is 4.14. The van der Waals surface area contributed by atoms with Crippen molar-refractivity contribution in [1.82, 2.24) is 4.90 Å². The van der Waals surface area contributed by atoms with Gasteiger partial charge in [0, 0.05) is 37.3 Å². The topological polar surface area (TPSA) is 43.0 Å². The Morgan fingerprint density at radius 3 is 2.92 bits per heavy atom. The van der Waals surface area contributed by atoms with Crippen LogP contribution in [-0.2, 0) is 13.0 Å². The molecule has 0 aromatic heterocycles. The molecule has 1 saturated heterocycles. The van der Waals surface area contributed by atoms with Crippen molar-refractivity contribution in [3.63, 3.8) is 0 Å². The van der Waals surface area contributed by atoms with Gasteiger partial charge in [0.2, 0.25) is 6.79 Å².